The number of hydrogen-bond acceptors (Lipinski definition) is 5. The average molecular weight is 343 g/mol. The number of urea groups is 1. The maximum absolute atomic E-state index is 13.2. The highest BCUT2D eigenvalue weighted by Crippen LogP contribution is 2.25. The van der Waals surface area contributed by atoms with E-state index in [4.69, 9.17) is 5.73 Å². The second-order valence-corrected chi connectivity index (χ2v) is 4.53. The molecule has 0 aliphatic carbocycles. The standard InChI is InChI=1S/C10H8BrFN6O2/c11-7-2-1-5(12)3-6(7)9-15-17-18(16-9)4-8(19)14-10(13)20/h1-3H,4H2,(H3,13,14,19,20). The summed E-state index contributed by atoms with van der Waals surface area (Å²) in [7, 11) is 0. The Bertz CT molecular complexity index is 674. The molecule has 0 radical (unpaired) electrons. The third-order valence-electron chi connectivity index (χ3n) is 2.17. The maximum Gasteiger partial charge on any atom is 0.318 e. The van der Waals surface area contributed by atoms with Crippen LogP contribution in [0, 0.1) is 5.82 Å². The fourth-order valence-corrected chi connectivity index (χ4v) is 1.82. The predicted octanol–water partition coefficient (Wildman–Crippen LogP) is 0.437. The van der Waals surface area contributed by atoms with Gasteiger partial charge in [0.25, 0.3) is 5.91 Å². The number of tetrazole rings is 1. The van der Waals surface area contributed by atoms with Crippen molar-refractivity contribution in [2.45, 2.75) is 6.54 Å². The summed E-state index contributed by atoms with van der Waals surface area (Å²) in [5, 5.41) is 13.1. The number of nitrogens with two attached hydrogens (primary N) is 1. The molecule has 2 rings (SSSR count). The molecule has 1 aromatic carbocycles. The molecule has 0 aliphatic rings. The topological polar surface area (TPSA) is 116 Å². The first-order chi connectivity index (χ1) is 9.45. The lowest BCUT2D eigenvalue weighted by atomic mass is 10.2. The summed E-state index contributed by atoms with van der Waals surface area (Å²) in [6.45, 7) is -0.330. The minimum Gasteiger partial charge on any atom is -0.351 e. The number of nitrogens with one attached hydrogen (secondary N) is 1. The van der Waals surface area contributed by atoms with E-state index in [1.165, 1.54) is 18.2 Å². The number of imide groups is 1. The van der Waals surface area contributed by atoms with Crippen molar-refractivity contribution < 1.29 is 14.0 Å². The van der Waals surface area contributed by atoms with Crippen molar-refractivity contribution in [3.05, 3.63) is 28.5 Å². The molecule has 0 bridgehead atoms. The number of aromatic nitrogens is 4. The van der Waals surface area contributed by atoms with Crippen LogP contribution in [-0.4, -0.2) is 32.1 Å². The molecule has 104 valence electrons. The molecule has 1 aromatic heterocycles. The van der Waals surface area contributed by atoms with Gasteiger partial charge in [-0.2, -0.15) is 4.80 Å². The van der Waals surface area contributed by atoms with Crippen molar-refractivity contribution >= 4 is 27.9 Å². The van der Waals surface area contributed by atoms with Crippen LogP contribution in [0.5, 0.6) is 0 Å². The van der Waals surface area contributed by atoms with E-state index in [-0.39, 0.29) is 12.4 Å². The van der Waals surface area contributed by atoms with Gasteiger partial charge in [0.2, 0.25) is 5.82 Å². The first-order valence-corrected chi connectivity index (χ1v) is 6.07. The van der Waals surface area contributed by atoms with E-state index >= 15 is 0 Å². The molecule has 0 fully saturated rings. The molecule has 0 saturated heterocycles. The van der Waals surface area contributed by atoms with Crippen LogP contribution in [0.25, 0.3) is 11.4 Å². The molecule has 2 aromatic rings. The van der Waals surface area contributed by atoms with E-state index in [1.54, 1.807) is 0 Å². The van der Waals surface area contributed by atoms with Crippen LogP contribution in [0.2, 0.25) is 0 Å². The summed E-state index contributed by atoms with van der Waals surface area (Å²) in [4.78, 5) is 22.7. The quantitative estimate of drug-likeness (QED) is 0.839. The van der Waals surface area contributed by atoms with E-state index in [2.05, 4.69) is 31.3 Å². The zero-order valence-electron chi connectivity index (χ0n) is 9.88. The molecule has 0 aliphatic heterocycles. The molecule has 0 unspecified atom stereocenters. The summed E-state index contributed by atoms with van der Waals surface area (Å²) in [5.74, 6) is -0.992. The highest BCUT2D eigenvalue weighted by Gasteiger charge is 2.13. The molecular formula is C10H8BrFN6O2. The minimum absolute atomic E-state index is 0.142. The van der Waals surface area contributed by atoms with Gasteiger partial charge in [-0.3, -0.25) is 10.1 Å². The van der Waals surface area contributed by atoms with Gasteiger partial charge in [-0.1, -0.05) is 15.9 Å². The van der Waals surface area contributed by atoms with E-state index in [0.29, 0.717) is 10.0 Å². The number of halogens is 2. The number of primary amides is 1. The van der Waals surface area contributed by atoms with Crippen LogP contribution in [-0.2, 0) is 11.3 Å². The Morgan fingerprint density at radius 2 is 2.20 bits per heavy atom. The van der Waals surface area contributed by atoms with E-state index in [1.807, 2.05) is 5.32 Å². The summed E-state index contributed by atoms with van der Waals surface area (Å²) in [6, 6.07) is 3.04. The molecule has 3 amide bonds. The molecule has 0 spiro atoms. The van der Waals surface area contributed by atoms with Crippen LogP contribution in [0.4, 0.5) is 9.18 Å². The Balaban J connectivity index is 2.18. The lowest BCUT2D eigenvalue weighted by Gasteiger charge is -1.99. The van der Waals surface area contributed by atoms with Crippen molar-refractivity contribution in [1.29, 1.82) is 0 Å². The average Bonchev–Trinajstić information content (AvgIpc) is 2.79. The molecule has 0 saturated carbocycles. The second-order valence-electron chi connectivity index (χ2n) is 3.68. The van der Waals surface area contributed by atoms with Gasteiger partial charge in [0.05, 0.1) is 0 Å². The van der Waals surface area contributed by atoms with Gasteiger partial charge in [0.1, 0.15) is 12.4 Å². The van der Waals surface area contributed by atoms with Gasteiger partial charge in [0.15, 0.2) is 0 Å². The van der Waals surface area contributed by atoms with Crippen LogP contribution in [0.3, 0.4) is 0 Å². The Morgan fingerprint density at radius 3 is 2.90 bits per heavy atom. The smallest absolute Gasteiger partial charge is 0.318 e. The lowest BCUT2D eigenvalue weighted by molar-refractivity contribution is -0.120. The van der Waals surface area contributed by atoms with E-state index in [0.717, 1.165) is 4.80 Å². The summed E-state index contributed by atoms with van der Waals surface area (Å²) < 4.78 is 13.8. The first-order valence-electron chi connectivity index (χ1n) is 5.28. The fraction of sp³-hybridized carbons (Fsp3) is 0.100. The first kappa shape index (κ1) is 14.1. The fourth-order valence-electron chi connectivity index (χ4n) is 1.39. The lowest BCUT2D eigenvalue weighted by Crippen LogP contribution is -2.37. The number of amides is 3. The molecular weight excluding hydrogens is 335 g/mol. The van der Waals surface area contributed by atoms with Crippen molar-refractivity contribution in [1.82, 2.24) is 25.5 Å². The largest absolute Gasteiger partial charge is 0.351 e. The number of nitrogens with zero attached hydrogens (tertiary/aromatic N) is 4. The zero-order chi connectivity index (χ0) is 14.7. The van der Waals surface area contributed by atoms with Gasteiger partial charge < -0.3 is 5.73 Å². The molecule has 3 N–H and O–H groups in total. The SMILES string of the molecule is NC(=O)NC(=O)Cn1nnc(-c2cc(F)ccc2Br)n1. The Kier molecular flexibility index (Phi) is 4.03. The van der Waals surface area contributed by atoms with Crippen molar-refractivity contribution in [2.75, 3.05) is 0 Å². The molecule has 10 heteroatoms. The van der Waals surface area contributed by atoms with Crippen LogP contribution >= 0.6 is 15.9 Å². The van der Waals surface area contributed by atoms with Crippen LogP contribution < -0.4 is 11.1 Å². The molecule has 1 heterocycles. The third kappa shape index (κ3) is 3.35. The number of carbonyl (C=O) groups excluding carboxylic acids is 2. The number of carbonyl (C=O) groups is 2. The van der Waals surface area contributed by atoms with Gasteiger partial charge in [-0.15, -0.1) is 10.2 Å². The molecule has 8 nitrogen and oxygen atoms in total. The predicted molar refractivity (Wildman–Crippen MR) is 68.6 cm³/mol. The van der Waals surface area contributed by atoms with Crippen LogP contribution in [0.1, 0.15) is 0 Å². The zero-order valence-corrected chi connectivity index (χ0v) is 11.5. The Hall–Kier alpha value is -2.36. The summed E-state index contributed by atoms with van der Waals surface area (Å²) in [5.41, 5.74) is 5.19. The number of benzene rings is 1. The number of hydrogen-bond donors (Lipinski definition) is 2. The minimum atomic E-state index is -0.969. The number of rotatable bonds is 3. The van der Waals surface area contributed by atoms with Gasteiger partial charge in [0, 0.05) is 10.0 Å². The normalized spacial score (nSPS) is 10.3. The maximum atomic E-state index is 13.2. The third-order valence-corrected chi connectivity index (χ3v) is 2.86. The second kappa shape index (κ2) is 5.74. The van der Waals surface area contributed by atoms with Crippen LogP contribution in [0.15, 0.2) is 22.7 Å². The summed E-state index contributed by atoms with van der Waals surface area (Å²) >= 11 is 3.24. The Morgan fingerprint density at radius 1 is 1.45 bits per heavy atom. The highest BCUT2D eigenvalue weighted by molar-refractivity contribution is 9.10. The van der Waals surface area contributed by atoms with Gasteiger partial charge in [-0.25, -0.2) is 9.18 Å². The van der Waals surface area contributed by atoms with E-state index in [9.17, 15) is 14.0 Å². The Labute approximate surface area is 120 Å². The van der Waals surface area contributed by atoms with Gasteiger partial charge >= 0.3 is 6.03 Å². The van der Waals surface area contributed by atoms with Crippen molar-refractivity contribution in [2.24, 2.45) is 5.73 Å². The van der Waals surface area contributed by atoms with E-state index < -0.39 is 17.8 Å². The molecule has 0 atom stereocenters. The monoisotopic (exact) mass is 342 g/mol. The van der Waals surface area contributed by atoms with Gasteiger partial charge in [-0.05, 0) is 23.4 Å². The van der Waals surface area contributed by atoms with Crippen molar-refractivity contribution in [3.63, 3.8) is 0 Å². The molecule has 20 heavy (non-hydrogen) atoms. The highest BCUT2D eigenvalue weighted by atomic mass is 79.9. The summed E-state index contributed by atoms with van der Waals surface area (Å²) in [6.07, 6.45) is 0. The van der Waals surface area contributed by atoms with Crippen molar-refractivity contribution in [3.8, 4) is 11.4 Å².